The van der Waals surface area contributed by atoms with Crippen molar-refractivity contribution in [3.05, 3.63) is 76.2 Å². The smallest absolute Gasteiger partial charge is 0.272 e. The van der Waals surface area contributed by atoms with Crippen LogP contribution in [0.4, 0.5) is 0 Å². The summed E-state index contributed by atoms with van der Waals surface area (Å²) in [6, 6.07) is 16.1. The third kappa shape index (κ3) is 3.49. The van der Waals surface area contributed by atoms with E-state index in [0.717, 1.165) is 5.56 Å². The van der Waals surface area contributed by atoms with Crippen LogP contribution in [0, 0.1) is 0 Å². The SMILES string of the molecule is O=C(Cc1n[nH]c(=O)c2ccccc12)NC[C@H](O)c1ccccc1. The van der Waals surface area contributed by atoms with Crippen molar-refractivity contribution in [1.82, 2.24) is 15.5 Å². The molecule has 0 aliphatic heterocycles. The monoisotopic (exact) mass is 323 g/mol. The Kier molecular flexibility index (Phi) is 4.67. The van der Waals surface area contributed by atoms with Crippen LogP contribution in [0.2, 0.25) is 0 Å². The zero-order valence-electron chi connectivity index (χ0n) is 12.9. The number of benzene rings is 2. The molecule has 0 saturated carbocycles. The number of carbonyl (C=O) groups excluding carboxylic acids is 1. The van der Waals surface area contributed by atoms with Gasteiger partial charge in [-0.05, 0) is 11.6 Å². The Hall–Kier alpha value is -2.99. The molecule has 24 heavy (non-hydrogen) atoms. The normalized spacial score (nSPS) is 12.0. The van der Waals surface area contributed by atoms with E-state index in [0.29, 0.717) is 16.5 Å². The number of carbonyl (C=O) groups is 1. The Morgan fingerprint density at radius 2 is 1.75 bits per heavy atom. The summed E-state index contributed by atoms with van der Waals surface area (Å²) in [6.45, 7) is 0.115. The van der Waals surface area contributed by atoms with Crippen molar-refractivity contribution in [2.75, 3.05) is 6.54 Å². The lowest BCUT2D eigenvalue weighted by Crippen LogP contribution is -2.30. The number of aromatic nitrogens is 2. The zero-order chi connectivity index (χ0) is 16.9. The number of aliphatic hydroxyl groups excluding tert-OH is 1. The number of hydrogen-bond acceptors (Lipinski definition) is 4. The number of amides is 1. The molecule has 0 bridgehead atoms. The summed E-state index contributed by atoms with van der Waals surface area (Å²) in [7, 11) is 0. The highest BCUT2D eigenvalue weighted by Crippen LogP contribution is 2.13. The fourth-order valence-corrected chi connectivity index (χ4v) is 2.52. The van der Waals surface area contributed by atoms with Crippen LogP contribution >= 0.6 is 0 Å². The molecule has 0 aliphatic rings. The number of aromatic amines is 1. The maximum absolute atomic E-state index is 12.1. The maximum atomic E-state index is 12.1. The first kappa shape index (κ1) is 15.9. The van der Waals surface area contributed by atoms with Crippen molar-refractivity contribution >= 4 is 16.7 Å². The molecular weight excluding hydrogens is 306 g/mol. The molecule has 0 fully saturated rings. The van der Waals surface area contributed by atoms with E-state index in [4.69, 9.17) is 0 Å². The van der Waals surface area contributed by atoms with Crippen LogP contribution in [-0.2, 0) is 11.2 Å². The van der Waals surface area contributed by atoms with Gasteiger partial charge in [-0.3, -0.25) is 9.59 Å². The molecule has 0 saturated heterocycles. The van der Waals surface area contributed by atoms with E-state index < -0.39 is 6.10 Å². The molecule has 122 valence electrons. The number of hydrogen-bond donors (Lipinski definition) is 3. The Bertz CT molecular complexity index is 906. The van der Waals surface area contributed by atoms with Gasteiger partial charge in [-0.25, -0.2) is 5.10 Å². The van der Waals surface area contributed by atoms with Gasteiger partial charge in [0.1, 0.15) is 0 Å². The molecule has 0 radical (unpaired) electrons. The van der Waals surface area contributed by atoms with Gasteiger partial charge in [0.15, 0.2) is 0 Å². The second kappa shape index (κ2) is 7.06. The Morgan fingerprint density at radius 3 is 2.50 bits per heavy atom. The Morgan fingerprint density at radius 1 is 1.08 bits per heavy atom. The van der Waals surface area contributed by atoms with Crippen LogP contribution in [0.15, 0.2) is 59.4 Å². The van der Waals surface area contributed by atoms with E-state index >= 15 is 0 Å². The molecule has 1 heterocycles. The highest BCUT2D eigenvalue weighted by Gasteiger charge is 2.12. The predicted molar refractivity (Wildman–Crippen MR) is 90.5 cm³/mol. The van der Waals surface area contributed by atoms with Gasteiger partial charge in [0, 0.05) is 11.9 Å². The first-order chi connectivity index (χ1) is 11.6. The van der Waals surface area contributed by atoms with E-state index in [2.05, 4.69) is 15.5 Å². The van der Waals surface area contributed by atoms with E-state index in [1.54, 1.807) is 36.4 Å². The lowest BCUT2D eigenvalue weighted by atomic mass is 10.1. The summed E-state index contributed by atoms with van der Waals surface area (Å²) in [4.78, 5) is 23.9. The molecular formula is C18H17N3O3. The molecule has 6 nitrogen and oxygen atoms in total. The molecule has 1 aromatic heterocycles. The van der Waals surface area contributed by atoms with E-state index in [1.807, 2.05) is 18.2 Å². The second-order valence-corrected chi connectivity index (χ2v) is 5.45. The third-order valence-corrected chi connectivity index (χ3v) is 3.78. The molecule has 3 rings (SSSR count). The maximum Gasteiger partial charge on any atom is 0.272 e. The van der Waals surface area contributed by atoms with Crippen LogP contribution in [0.1, 0.15) is 17.4 Å². The van der Waals surface area contributed by atoms with Crippen LogP contribution in [0.3, 0.4) is 0 Å². The highest BCUT2D eigenvalue weighted by atomic mass is 16.3. The number of H-pyrrole nitrogens is 1. The van der Waals surface area contributed by atoms with E-state index in [1.165, 1.54) is 0 Å². The largest absolute Gasteiger partial charge is 0.387 e. The van der Waals surface area contributed by atoms with Gasteiger partial charge in [-0.2, -0.15) is 5.10 Å². The first-order valence-electron chi connectivity index (χ1n) is 7.61. The number of rotatable bonds is 5. The fraction of sp³-hybridized carbons (Fsp3) is 0.167. The average Bonchev–Trinajstić information content (AvgIpc) is 2.63. The molecule has 1 amide bonds. The van der Waals surface area contributed by atoms with Crippen molar-refractivity contribution in [3.63, 3.8) is 0 Å². The summed E-state index contributed by atoms with van der Waals surface area (Å²) in [5.41, 5.74) is 0.955. The minimum Gasteiger partial charge on any atom is -0.387 e. The predicted octanol–water partition coefficient (Wildman–Crippen LogP) is 1.32. The summed E-state index contributed by atoms with van der Waals surface area (Å²) in [6.07, 6.45) is -0.742. The number of aliphatic hydroxyl groups is 1. The van der Waals surface area contributed by atoms with Crippen molar-refractivity contribution in [3.8, 4) is 0 Å². The topological polar surface area (TPSA) is 95.1 Å². The fourth-order valence-electron chi connectivity index (χ4n) is 2.52. The summed E-state index contributed by atoms with van der Waals surface area (Å²) in [5.74, 6) is -0.269. The lowest BCUT2D eigenvalue weighted by Gasteiger charge is -2.12. The summed E-state index contributed by atoms with van der Waals surface area (Å²) < 4.78 is 0. The van der Waals surface area contributed by atoms with Crippen LogP contribution in [0.5, 0.6) is 0 Å². The van der Waals surface area contributed by atoms with Crippen molar-refractivity contribution in [1.29, 1.82) is 0 Å². The van der Waals surface area contributed by atoms with Crippen LogP contribution < -0.4 is 10.9 Å². The van der Waals surface area contributed by atoms with Gasteiger partial charge in [0.05, 0.1) is 23.6 Å². The average molecular weight is 323 g/mol. The van der Waals surface area contributed by atoms with Gasteiger partial charge in [-0.15, -0.1) is 0 Å². The number of fused-ring (bicyclic) bond motifs is 1. The Labute approximate surface area is 138 Å². The Balaban J connectivity index is 1.68. The van der Waals surface area contributed by atoms with E-state index in [-0.39, 0.29) is 24.4 Å². The number of nitrogens with zero attached hydrogens (tertiary/aromatic N) is 1. The molecule has 1 atom stereocenters. The molecule has 2 aromatic carbocycles. The second-order valence-electron chi connectivity index (χ2n) is 5.45. The van der Waals surface area contributed by atoms with Crippen LogP contribution in [0.25, 0.3) is 10.8 Å². The van der Waals surface area contributed by atoms with Crippen LogP contribution in [-0.4, -0.2) is 27.8 Å². The van der Waals surface area contributed by atoms with Gasteiger partial charge in [-0.1, -0.05) is 48.5 Å². The van der Waals surface area contributed by atoms with Gasteiger partial charge < -0.3 is 10.4 Å². The quantitative estimate of drug-likeness (QED) is 0.660. The lowest BCUT2D eigenvalue weighted by molar-refractivity contribution is -0.120. The zero-order valence-corrected chi connectivity index (χ0v) is 12.9. The molecule has 6 heteroatoms. The summed E-state index contributed by atoms with van der Waals surface area (Å²) >= 11 is 0. The molecule has 0 spiro atoms. The van der Waals surface area contributed by atoms with E-state index in [9.17, 15) is 14.7 Å². The van der Waals surface area contributed by atoms with Gasteiger partial charge in [0.25, 0.3) is 5.56 Å². The van der Waals surface area contributed by atoms with Crippen molar-refractivity contribution < 1.29 is 9.90 Å². The molecule has 3 N–H and O–H groups in total. The first-order valence-corrected chi connectivity index (χ1v) is 7.61. The molecule has 0 unspecified atom stereocenters. The standard InChI is InChI=1S/C18H17N3O3/c22-16(12-6-2-1-3-7-12)11-19-17(23)10-15-13-8-4-5-9-14(13)18(24)21-20-15/h1-9,16,22H,10-11H2,(H,19,23)(H,21,24)/t16-/m0/s1. The number of nitrogens with one attached hydrogen (secondary N) is 2. The minimum absolute atomic E-state index is 0.0266. The molecule has 0 aliphatic carbocycles. The van der Waals surface area contributed by atoms with Gasteiger partial charge in [0.2, 0.25) is 5.91 Å². The summed E-state index contributed by atoms with van der Waals surface area (Å²) in [5, 5.41) is 20.3. The minimum atomic E-state index is -0.768. The molecule has 3 aromatic rings. The highest BCUT2D eigenvalue weighted by molar-refractivity contribution is 5.88. The van der Waals surface area contributed by atoms with Crippen molar-refractivity contribution in [2.24, 2.45) is 0 Å². The van der Waals surface area contributed by atoms with Gasteiger partial charge >= 0.3 is 0 Å². The third-order valence-electron chi connectivity index (χ3n) is 3.78. The van der Waals surface area contributed by atoms with Crippen molar-refractivity contribution in [2.45, 2.75) is 12.5 Å².